The minimum absolute atomic E-state index is 0.00131. The number of ether oxygens (including phenoxy) is 1. The fourth-order valence-corrected chi connectivity index (χ4v) is 3.93. The van der Waals surface area contributed by atoms with Gasteiger partial charge in [0.1, 0.15) is 6.61 Å². The lowest BCUT2D eigenvalue weighted by Crippen LogP contribution is -2.40. The molecule has 1 aromatic rings. The average molecular weight is 428 g/mol. The van der Waals surface area contributed by atoms with Gasteiger partial charge in [-0.25, -0.2) is 0 Å². The lowest BCUT2D eigenvalue weighted by molar-refractivity contribution is -0.142. The number of likely N-dealkylation sites (N-methyl/N-ethyl adjacent to an activating group) is 1. The van der Waals surface area contributed by atoms with E-state index in [-0.39, 0.29) is 30.9 Å². The summed E-state index contributed by atoms with van der Waals surface area (Å²) in [4.78, 5) is 25.8. The summed E-state index contributed by atoms with van der Waals surface area (Å²) < 4.78 is 45.1. The van der Waals surface area contributed by atoms with Crippen molar-refractivity contribution in [1.29, 1.82) is 0 Å². The van der Waals surface area contributed by atoms with Crippen LogP contribution < -0.4 is 5.32 Å². The topological polar surface area (TPSA) is 58.6 Å². The highest BCUT2D eigenvalue weighted by molar-refractivity contribution is 5.95. The van der Waals surface area contributed by atoms with E-state index in [4.69, 9.17) is 4.74 Å². The van der Waals surface area contributed by atoms with Gasteiger partial charge in [-0.3, -0.25) is 9.59 Å². The molecule has 2 amide bonds. The first-order valence-corrected chi connectivity index (χ1v) is 10.3. The fraction of sp³-hybridized carbons (Fsp3) is 0.636. The van der Waals surface area contributed by atoms with E-state index >= 15 is 0 Å². The highest BCUT2D eigenvalue weighted by atomic mass is 19.4. The van der Waals surface area contributed by atoms with Gasteiger partial charge in [0.15, 0.2) is 0 Å². The molecule has 5 nitrogen and oxygen atoms in total. The van der Waals surface area contributed by atoms with Crippen LogP contribution >= 0.6 is 0 Å². The maximum Gasteiger partial charge on any atom is 0.418 e. The number of rotatable bonds is 7. The van der Waals surface area contributed by atoms with Crippen LogP contribution in [0, 0.1) is 17.8 Å². The number of halogens is 3. The Hall–Kier alpha value is -2.09. The molecule has 3 atom stereocenters. The van der Waals surface area contributed by atoms with Crippen molar-refractivity contribution < 1.29 is 27.5 Å². The van der Waals surface area contributed by atoms with Crippen LogP contribution in [0.3, 0.4) is 0 Å². The summed E-state index contributed by atoms with van der Waals surface area (Å²) >= 11 is 0. The predicted molar refractivity (Wildman–Crippen MR) is 109 cm³/mol. The van der Waals surface area contributed by atoms with Gasteiger partial charge < -0.3 is 15.0 Å². The summed E-state index contributed by atoms with van der Waals surface area (Å²) in [5, 5.41) is 2.24. The van der Waals surface area contributed by atoms with Gasteiger partial charge >= 0.3 is 6.18 Å². The molecule has 0 spiro atoms. The molecule has 0 unspecified atom stereocenters. The minimum atomic E-state index is -4.58. The van der Waals surface area contributed by atoms with Gasteiger partial charge in [-0.2, -0.15) is 13.2 Å². The number of hydrogen-bond acceptors (Lipinski definition) is 3. The van der Waals surface area contributed by atoms with Crippen molar-refractivity contribution in [2.75, 3.05) is 25.5 Å². The highest BCUT2D eigenvalue weighted by Gasteiger charge is 2.34. The number of nitrogens with zero attached hydrogens (tertiary/aromatic N) is 1. The van der Waals surface area contributed by atoms with E-state index in [1.807, 2.05) is 0 Å². The van der Waals surface area contributed by atoms with E-state index in [9.17, 15) is 22.8 Å². The Morgan fingerprint density at radius 2 is 1.90 bits per heavy atom. The molecule has 0 aromatic heterocycles. The number of para-hydroxylation sites is 1. The van der Waals surface area contributed by atoms with Crippen LogP contribution in [0.2, 0.25) is 0 Å². The zero-order chi connectivity index (χ0) is 22.5. The van der Waals surface area contributed by atoms with Crippen LogP contribution in [-0.2, 0) is 20.5 Å². The van der Waals surface area contributed by atoms with Gasteiger partial charge in [-0.1, -0.05) is 39.3 Å². The quantitative estimate of drug-likeness (QED) is 0.692. The first-order valence-electron chi connectivity index (χ1n) is 10.3. The maximum absolute atomic E-state index is 13.1. The second kappa shape index (κ2) is 10.3. The molecule has 0 radical (unpaired) electrons. The van der Waals surface area contributed by atoms with E-state index in [0.29, 0.717) is 17.8 Å². The molecule has 1 aliphatic rings. The van der Waals surface area contributed by atoms with Gasteiger partial charge in [0.25, 0.3) is 0 Å². The number of nitrogens with one attached hydrogen (secondary N) is 1. The summed E-state index contributed by atoms with van der Waals surface area (Å²) in [7, 11) is 1.43. The predicted octanol–water partition coefficient (Wildman–Crippen LogP) is 4.58. The number of hydrogen-bond donors (Lipinski definition) is 1. The average Bonchev–Trinajstić information content (AvgIpc) is 2.65. The Bertz CT molecular complexity index is 737. The van der Waals surface area contributed by atoms with Crippen LogP contribution in [0.5, 0.6) is 0 Å². The van der Waals surface area contributed by atoms with E-state index < -0.39 is 17.6 Å². The second-order valence-corrected chi connectivity index (χ2v) is 8.52. The fourth-order valence-electron chi connectivity index (χ4n) is 3.93. The van der Waals surface area contributed by atoms with Gasteiger partial charge in [0.05, 0.1) is 23.9 Å². The normalized spacial score (nSPS) is 22.1. The van der Waals surface area contributed by atoms with Crippen molar-refractivity contribution in [2.45, 2.75) is 52.3 Å². The Kier molecular flexibility index (Phi) is 8.29. The molecule has 2 rings (SSSR count). The van der Waals surface area contributed by atoms with Crippen molar-refractivity contribution in [3.63, 3.8) is 0 Å². The number of carbonyl (C=O) groups excluding carboxylic acids is 2. The molecule has 168 valence electrons. The van der Waals surface area contributed by atoms with E-state index in [1.165, 1.54) is 30.1 Å². The second-order valence-electron chi connectivity index (χ2n) is 8.52. The SMILES string of the molecule is CC(C)[C@@H]1CC[C@@H](C)C[C@H]1OCC(=O)N(C)CC(=O)Nc1ccccc1C(F)(F)F. The molecule has 0 bridgehead atoms. The highest BCUT2D eigenvalue weighted by Crippen LogP contribution is 2.36. The van der Waals surface area contributed by atoms with Gasteiger partial charge in [-0.05, 0) is 42.7 Å². The van der Waals surface area contributed by atoms with E-state index in [0.717, 1.165) is 25.3 Å². The summed E-state index contributed by atoms with van der Waals surface area (Å²) in [5.74, 6) is 0.303. The molecule has 1 aromatic carbocycles. The lowest BCUT2D eigenvalue weighted by atomic mass is 9.75. The summed E-state index contributed by atoms with van der Waals surface area (Å²) in [5.41, 5.74) is -1.26. The monoisotopic (exact) mass is 428 g/mol. The molecule has 8 heteroatoms. The number of alkyl halides is 3. The Balaban J connectivity index is 1.89. The van der Waals surface area contributed by atoms with Crippen molar-refractivity contribution in [3.8, 4) is 0 Å². The zero-order valence-electron chi connectivity index (χ0n) is 18.0. The van der Waals surface area contributed by atoms with E-state index in [2.05, 4.69) is 26.1 Å². The number of carbonyl (C=O) groups is 2. The number of amides is 2. The Morgan fingerprint density at radius 3 is 2.53 bits per heavy atom. The smallest absolute Gasteiger partial charge is 0.368 e. The summed E-state index contributed by atoms with van der Waals surface area (Å²) in [6.45, 7) is 5.96. The zero-order valence-corrected chi connectivity index (χ0v) is 18.0. The maximum atomic E-state index is 13.1. The third-order valence-electron chi connectivity index (χ3n) is 5.70. The van der Waals surface area contributed by atoms with Crippen LogP contribution in [0.15, 0.2) is 24.3 Å². The molecule has 1 fully saturated rings. The third-order valence-corrected chi connectivity index (χ3v) is 5.70. The molecule has 1 saturated carbocycles. The molecular formula is C22H31F3N2O3. The molecule has 30 heavy (non-hydrogen) atoms. The molecule has 1 N–H and O–H groups in total. The number of benzene rings is 1. The van der Waals surface area contributed by atoms with Gasteiger partial charge in [0.2, 0.25) is 11.8 Å². The molecule has 0 aliphatic heterocycles. The van der Waals surface area contributed by atoms with Gasteiger partial charge in [0, 0.05) is 7.05 Å². The molecule has 1 aliphatic carbocycles. The van der Waals surface area contributed by atoms with Crippen LogP contribution in [0.4, 0.5) is 18.9 Å². The van der Waals surface area contributed by atoms with Crippen LogP contribution in [0.1, 0.15) is 45.6 Å². The van der Waals surface area contributed by atoms with Crippen molar-refractivity contribution in [3.05, 3.63) is 29.8 Å². The van der Waals surface area contributed by atoms with Crippen molar-refractivity contribution in [1.82, 2.24) is 4.90 Å². The van der Waals surface area contributed by atoms with E-state index in [1.54, 1.807) is 0 Å². The molecular weight excluding hydrogens is 397 g/mol. The third kappa shape index (κ3) is 6.72. The lowest BCUT2D eigenvalue weighted by Gasteiger charge is -2.37. The van der Waals surface area contributed by atoms with Crippen LogP contribution in [0.25, 0.3) is 0 Å². The summed E-state index contributed by atoms with van der Waals surface area (Å²) in [6.07, 6.45) is -1.47. The largest absolute Gasteiger partial charge is 0.418 e. The molecule has 0 heterocycles. The minimum Gasteiger partial charge on any atom is -0.368 e. The first-order chi connectivity index (χ1) is 14.0. The Labute approximate surface area is 176 Å². The van der Waals surface area contributed by atoms with Gasteiger partial charge in [-0.15, -0.1) is 0 Å². The number of anilines is 1. The molecule has 0 saturated heterocycles. The van der Waals surface area contributed by atoms with Crippen molar-refractivity contribution in [2.24, 2.45) is 17.8 Å². The van der Waals surface area contributed by atoms with Crippen molar-refractivity contribution >= 4 is 17.5 Å². The van der Waals surface area contributed by atoms with Crippen LogP contribution in [-0.4, -0.2) is 43.0 Å². The standard InChI is InChI=1S/C22H31F3N2O3/c1-14(2)16-10-9-15(3)11-19(16)30-13-21(29)27(4)12-20(28)26-18-8-6-5-7-17(18)22(23,24)25/h5-8,14-16,19H,9-13H2,1-4H3,(H,26,28)/t15-,16+,19-/m1/s1. The first kappa shape index (κ1) is 24.2. The summed E-state index contributed by atoms with van der Waals surface area (Å²) in [6, 6.07) is 4.74. The Morgan fingerprint density at radius 1 is 1.23 bits per heavy atom.